The second kappa shape index (κ2) is 16.1. The topological polar surface area (TPSA) is 89.5 Å². The van der Waals surface area contributed by atoms with E-state index in [4.69, 9.17) is 9.73 Å². The van der Waals surface area contributed by atoms with Crippen LogP contribution in [0, 0.1) is 17.7 Å². The van der Waals surface area contributed by atoms with Crippen LogP contribution in [-0.2, 0) is 16.0 Å². The van der Waals surface area contributed by atoms with Crippen LogP contribution in [0.5, 0.6) is 0 Å². The van der Waals surface area contributed by atoms with E-state index in [-0.39, 0.29) is 41.1 Å². The number of aromatic nitrogens is 1. The highest BCUT2D eigenvalue weighted by Crippen LogP contribution is 2.55. The molecular formula is C39H48F2N4O3. The fourth-order valence-corrected chi connectivity index (χ4v) is 7.26. The number of piperidine rings is 1. The molecule has 1 aromatic heterocycles. The summed E-state index contributed by atoms with van der Waals surface area (Å²) >= 11 is 0. The zero-order valence-electron chi connectivity index (χ0n) is 28.1. The number of amides is 1. The van der Waals surface area contributed by atoms with Crippen molar-refractivity contribution in [3.8, 4) is 0 Å². The highest BCUT2D eigenvalue weighted by atomic mass is 19.1. The molecule has 2 N–H and O–H groups in total. The number of unbranched alkanes of at least 4 members (excludes halogenated alkanes) is 1. The minimum Gasteiger partial charge on any atom is -0.412 e. The molecule has 256 valence electrons. The van der Waals surface area contributed by atoms with Crippen LogP contribution in [0.15, 0.2) is 101 Å². The molecule has 2 aliphatic heterocycles. The average molecular weight is 659 g/mol. The van der Waals surface area contributed by atoms with E-state index in [1.54, 1.807) is 34.9 Å². The van der Waals surface area contributed by atoms with E-state index in [0.717, 1.165) is 69.3 Å². The Morgan fingerprint density at radius 2 is 1.85 bits per heavy atom. The van der Waals surface area contributed by atoms with Crippen LogP contribution < -0.4 is 0 Å². The maximum Gasteiger partial charge on any atom is 0.232 e. The van der Waals surface area contributed by atoms with Gasteiger partial charge in [-0.15, -0.1) is 0 Å². The summed E-state index contributed by atoms with van der Waals surface area (Å²) in [5.41, 5.74) is 4.27. The van der Waals surface area contributed by atoms with Gasteiger partial charge in [-0.2, -0.15) is 0 Å². The molecule has 5 aliphatic rings. The number of fused-ring (bicyclic) bond motifs is 3. The molecule has 2 aromatic rings. The van der Waals surface area contributed by atoms with Crippen molar-refractivity contribution < 1.29 is 23.8 Å². The quantitative estimate of drug-likeness (QED) is 0.173. The zero-order chi connectivity index (χ0) is 32.8. The molecule has 3 heterocycles. The molecule has 3 aliphatic carbocycles. The first kappa shape index (κ1) is 35.5. The van der Waals surface area contributed by atoms with E-state index in [0.29, 0.717) is 24.5 Å². The fraction of sp³-hybridized carbons (Fsp3) is 0.462. The molecule has 1 saturated carbocycles. The highest BCUT2D eigenvalue weighted by Gasteiger charge is 2.51. The van der Waals surface area contributed by atoms with Crippen molar-refractivity contribution in [2.45, 2.75) is 70.4 Å². The van der Waals surface area contributed by atoms with Gasteiger partial charge in [-0.3, -0.25) is 19.7 Å². The van der Waals surface area contributed by atoms with Crippen LogP contribution in [-0.4, -0.2) is 76.4 Å². The number of amidine groups is 1. The molecule has 7 nitrogen and oxygen atoms in total. The van der Waals surface area contributed by atoms with Crippen molar-refractivity contribution in [2.75, 3.05) is 32.8 Å². The second-order valence-electron chi connectivity index (χ2n) is 12.9. The number of nitrogens with zero attached hydrogens (tertiary/aromatic N) is 4. The Morgan fingerprint density at radius 1 is 1.06 bits per heavy atom. The molecule has 1 spiro atoms. The molecule has 3 atom stereocenters. The molecule has 48 heavy (non-hydrogen) atoms. The van der Waals surface area contributed by atoms with Crippen molar-refractivity contribution in [1.82, 2.24) is 14.8 Å². The van der Waals surface area contributed by atoms with E-state index in [2.05, 4.69) is 22.0 Å². The van der Waals surface area contributed by atoms with Gasteiger partial charge in [0, 0.05) is 25.8 Å². The number of benzene rings is 1. The molecule has 1 aromatic carbocycles. The van der Waals surface area contributed by atoms with Gasteiger partial charge < -0.3 is 15.1 Å². The number of hydrogen-bond donors (Lipinski definition) is 0. The standard InChI is InChI=1S/C37H40F2N4O2.C2H6.H2O/c38-28-9-6-26(7-10-28)23-35(44)43(36(34-5-1-2-18-40-34)41-30-13-11-29(39)12-14-30)20-4-3-19-42-21-16-37(17-22-42)33-15-8-27-24-31(27)32(33)25-45-37;1-2;/h1-2,5-13,15,18,27,30-31H,3-4,14,16-17,19-25H2;1-2H3;1H2. The monoisotopic (exact) mass is 658 g/mol. The number of rotatable bonds is 9. The summed E-state index contributed by atoms with van der Waals surface area (Å²) in [5, 5.41) is 0. The molecule has 7 rings (SSSR count). The lowest BCUT2D eigenvalue weighted by Crippen LogP contribution is -2.46. The van der Waals surface area contributed by atoms with Crippen molar-refractivity contribution in [1.29, 1.82) is 0 Å². The minimum atomic E-state index is -0.338. The van der Waals surface area contributed by atoms with Crippen molar-refractivity contribution in [3.05, 3.63) is 113 Å². The smallest absolute Gasteiger partial charge is 0.232 e. The van der Waals surface area contributed by atoms with Gasteiger partial charge in [-0.05, 0) is 110 Å². The predicted octanol–water partition coefficient (Wildman–Crippen LogP) is 6.57. The van der Waals surface area contributed by atoms with Gasteiger partial charge in [0.25, 0.3) is 0 Å². The maximum atomic E-state index is 13.9. The number of ether oxygens (including phenoxy) is 1. The molecule has 2 fully saturated rings. The lowest BCUT2D eigenvalue weighted by molar-refractivity contribution is -0.126. The average Bonchev–Trinajstić information content (AvgIpc) is 3.83. The normalized spacial score (nSPS) is 23.8. The largest absolute Gasteiger partial charge is 0.412 e. The number of carbonyl (C=O) groups is 1. The number of likely N-dealkylation sites (tertiary alicyclic amines) is 1. The van der Waals surface area contributed by atoms with Crippen molar-refractivity contribution in [2.24, 2.45) is 16.8 Å². The molecular weight excluding hydrogens is 610 g/mol. The predicted molar refractivity (Wildman–Crippen MR) is 186 cm³/mol. The summed E-state index contributed by atoms with van der Waals surface area (Å²) < 4.78 is 33.8. The van der Waals surface area contributed by atoms with E-state index >= 15 is 0 Å². The van der Waals surface area contributed by atoms with Crippen LogP contribution in [0.25, 0.3) is 0 Å². The van der Waals surface area contributed by atoms with Crippen molar-refractivity contribution >= 4 is 11.7 Å². The number of halogens is 2. The first-order chi connectivity index (χ1) is 23.0. The maximum absolute atomic E-state index is 13.9. The number of aliphatic imine (C=N–C) groups is 1. The fourth-order valence-electron chi connectivity index (χ4n) is 7.26. The first-order valence-corrected chi connectivity index (χ1v) is 17.3. The first-order valence-electron chi connectivity index (χ1n) is 17.3. The Morgan fingerprint density at radius 3 is 2.56 bits per heavy atom. The Kier molecular flexibility index (Phi) is 11.9. The molecule has 1 amide bonds. The van der Waals surface area contributed by atoms with Gasteiger partial charge in [0.1, 0.15) is 17.3 Å². The SMILES string of the molecule is CC.O.O=C(Cc1ccc(F)cc1)N(CCCCN1CCC2(CC1)OCC1=C2C=CC2CC12)C(=NC1C=CC(F)=CC1)c1ccccn1. The van der Waals surface area contributed by atoms with E-state index in [9.17, 15) is 13.6 Å². The Balaban J connectivity index is 0.00000148. The van der Waals surface area contributed by atoms with E-state index < -0.39 is 0 Å². The van der Waals surface area contributed by atoms with Crippen LogP contribution in [0.2, 0.25) is 0 Å². The van der Waals surface area contributed by atoms with Gasteiger partial charge in [0.15, 0.2) is 5.84 Å². The van der Waals surface area contributed by atoms with Gasteiger partial charge in [-0.25, -0.2) is 8.78 Å². The number of hydrogen-bond acceptors (Lipinski definition) is 5. The summed E-state index contributed by atoms with van der Waals surface area (Å²) in [7, 11) is 0. The molecule has 1 saturated heterocycles. The summed E-state index contributed by atoms with van der Waals surface area (Å²) in [6.07, 6.45) is 16.7. The number of allylic oxidation sites excluding steroid dienone is 3. The van der Waals surface area contributed by atoms with Crippen LogP contribution in [0.3, 0.4) is 0 Å². The van der Waals surface area contributed by atoms with Crippen LogP contribution >= 0.6 is 0 Å². The third kappa shape index (κ3) is 8.08. The molecule has 0 bridgehead atoms. The van der Waals surface area contributed by atoms with Gasteiger partial charge in [0.05, 0.1) is 24.7 Å². The van der Waals surface area contributed by atoms with E-state index in [1.165, 1.54) is 36.3 Å². The Bertz CT molecular complexity index is 1560. The third-order valence-electron chi connectivity index (χ3n) is 9.95. The second-order valence-corrected chi connectivity index (χ2v) is 12.9. The molecule has 9 heteroatoms. The molecule has 0 radical (unpaired) electrons. The van der Waals surface area contributed by atoms with Crippen LogP contribution in [0.1, 0.15) is 63.6 Å². The summed E-state index contributed by atoms with van der Waals surface area (Å²) in [5.74, 6) is 1.23. The summed E-state index contributed by atoms with van der Waals surface area (Å²) in [6, 6.07) is 11.3. The van der Waals surface area contributed by atoms with Gasteiger partial charge in [0.2, 0.25) is 5.91 Å². The summed E-state index contributed by atoms with van der Waals surface area (Å²) in [6.45, 7) is 8.24. The third-order valence-corrected chi connectivity index (χ3v) is 9.95. The van der Waals surface area contributed by atoms with Gasteiger partial charge in [-0.1, -0.05) is 50.3 Å². The Hall–Kier alpha value is -3.79. The lowest BCUT2D eigenvalue weighted by atomic mass is 9.80. The summed E-state index contributed by atoms with van der Waals surface area (Å²) in [4.78, 5) is 27.6. The number of pyridine rings is 1. The Labute approximate surface area is 283 Å². The minimum absolute atomic E-state index is 0. The van der Waals surface area contributed by atoms with Crippen molar-refractivity contribution in [3.63, 3.8) is 0 Å². The van der Waals surface area contributed by atoms with E-state index in [1.807, 2.05) is 32.0 Å². The van der Waals surface area contributed by atoms with Crippen LogP contribution in [0.4, 0.5) is 8.78 Å². The molecule has 3 unspecified atom stereocenters. The lowest BCUT2D eigenvalue weighted by Gasteiger charge is -2.40. The van der Waals surface area contributed by atoms with Gasteiger partial charge >= 0.3 is 0 Å². The zero-order valence-corrected chi connectivity index (χ0v) is 28.1. The highest BCUT2D eigenvalue weighted by molar-refractivity contribution is 6.07. The number of carbonyl (C=O) groups excluding carboxylic acids is 1.